The first-order valence-corrected chi connectivity index (χ1v) is 10.1. The van der Waals surface area contributed by atoms with E-state index in [0.29, 0.717) is 16.8 Å². The fraction of sp³-hybridized carbons (Fsp3) is 0.174. The van der Waals surface area contributed by atoms with Gasteiger partial charge in [-0.15, -0.1) is 0 Å². The highest BCUT2D eigenvalue weighted by Gasteiger charge is 2.36. The predicted molar refractivity (Wildman–Crippen MR) is 125 cm³/mol. The fourth-order valence-electron chi connectivity index (χ4n) is 3.42. The molecule has 0 bridgehead atoms. The second-order valence-corrected chi connectivity index (χ2v) is 7.55. The number of hydrogen-bond acceptors (Lipinski definition) is 4. The maximum absolute atomic E-state index is 11.5. The SMILES string of the molecule is C[n+]1cccc(-c2ccc(N=C(N)N=C(N)N)cc2C#CC2=CN[C@H](C(=O)O)[C@H](C(=O)O)C2)c1. The van der Waals surface area contributed by atoms with Crippen LogP contribution in [0.4, 0.5) is 5.69 Å². The number of hydrogen-bond donors (Lipinski definition) is 6. The number of aromatic nitrogens is 1. The summed E-state index contributed by atoms with van der Waals surface area (Å²) in [6.45, 7) is 0. The Morgan fingerprint density at radius 2 is 1.91 bits per heavy atom. The van der Waals surface area contributed by atoms with Gasteiger partial charge in [0.25, 0.3) is 0 Å². The van der Waals surface area contributed by atoms with Gasteiger partial charge < -0.3 is 32.7 Å². The Kier molecular flexibility index (Phi) is 7.13. The van der Waals surface area contributed by atoms with Crippen molar-refractivity contribution in [2.24, 2.45) is 40.2 Å². The summed E-state index contributed by atoms with van der Waals surface area (Å²) in [7, 11) is 1.90. The summed E-state index contributed by atoms with van der Waals surface area (Å²) in [5.74, 6) is 2.07. The highest BCUT2D eigenvalue weighted by molar-refractivity contribution is 5.93. The minimum absolute atomic E-state index is 0.0167. The molecule has 2 heterocycles. The van der Waals surface area contributed by atoms with Crippen LogP contribution in [0.25, 0.3) is 11.1 Å². The Labute approximate surface area is 195 Å². The monoisotopic (exact) mass is 462 g/mol. The molecule has 34 heavy (non-hydrogen) atoms. The number of aliphatic imine (C=N–C) groups is 2. The van der Waals surface area contributed by atoms with Crippen molar-refractivity contribution in [2.75, 3.05) is 0 Å². The summed E-state index contributed by atoms with van der Waals surface area (Å²) in [6.07, 6.45) is 5.24. The second-order valence-electron chi connectivity index (χ2n) is 7.55. The van der Waals surface area contributed by atoms with Gasteiger partial charge in [0, 0.05) is 34.5 Å². The van der Waals surface area contributed by atoms with Crippen molar-refractivity contribution in [1.29, 1.82) is 0 Å². The lowest BCUT2D eigenvalue weighted by atomic mass is 9.89. The van der Waals surface area contributed by atoms with Gasteiger partial charge in [0.05, 0.1) is 11.6 Å². The minimum atomic E-state index is -1.24. The number of rotatable bonds is 4. The van der Waals surface area contributed by atoms with E-state index in [1.165, 1.54) is 6.20 Å². The van der Waals surface area contributed by atoms with Crippen LogP contribution in [-0.4, -0.2) is 40.1 Å². The number of aliphatic carboxylic acids is 2. The average molecular weight is 462 g/mol. The number of carboxylic acid groups (broad SMARTS) is 2. The van der Waals surface area contributed by atoms with Gasteiger partial charge in [-0.05, 0) is 24.6 Å². The topological polar surface area (TPSA) is 193 Å². The van der Waals surface area contributed by atoms with E-state index in [1.807, 2.05) is 42.2 Å². The number of nitrogens with zero attached hydrogens (tertiary/aromatic N) is 3. The number of allylic oxidation sites excluding steroid dienone is 1. The Morgan fingerprint density at radius 1 is 1.15 bits per heavy atom. The van der Waals surface area contributed by atoms with E-state index in [0.717, 1.165) is 11.1 Å². The molecule has 1 aliphatic heterocycles. The van der Waals surface area contributed by atoms with Crippen LogP contribution in [0.1, 0.15) is 12.0 Å². The van der Waals surface area contributed by atoms with Crippen LogP contribution in [-0.2, 0) is 16.6 Å². The molecule has 2 atom stereocenters. The van der Waals surface area contributed by atoms with E-state index < -0.39 is 23.9 Å². The molecule has 1 aromatic heterocycles. The third-order valence-corrected chi connectivity index (χ3v) is 4.96. The fourth-order valence-corrected chi connectivity index (χ4v) is 3.42. The van der Waals surface area contributed by atoms with E-state index in [4.69, 9.17) is 17.2 Å². The molecule has 9 N–H and O–H groups in total. The van der Waals surface area contributed by atoms with Crippen LogP contribution in [0.5, 0.6) is 0 Å². The second kappa shape index (κ2) is 10.2. The van der Waals surface area contributed by atoms with Crippen LogP contribution >= 0.6 is 0 Å². The molecule has 0 saturated carbocycles. The standard InChI is InChI=1S/C23H23N7O4/c1-30-8-2-3-15(12-30)17-7-6-16(28-23(26)29-22(24)25)10-14(17)5-4-13-9-18(20(31)32)19(21(33)34)27-11-13/h2-3,6-8,10-12,18-19,27H,9H2,1H3,(H7-,24,25,26,28,29,31,32,33,34)/p+1/t18-,19+/m1/s1. The lowest BCUT2D eigenvalue weighted by Crippen LogP contribution is -2.46. The number of pyridine rings is 1. The van der Waals surface area contributed by atoms with Crippen LogP contribution < -0.4 is 27.1 Å². The van der Waals surface area contributed by atoms with E-state index in [2.05, 4.69) is 27.1 Å². The van der Waals surface area contributed by atoms with Crippen LogP contribution in [0.3, 0.4) is 0 Å². The molecule has 1 aromatic carbocycles. The molecule has 174 valence electrons. The van der Waals surface area contributed by atoms with E-state index >= 15 is 0 Å². The predicted octanol–water partition coefficient (Wildman–Crippen LogP) is -0.220. The molecule has 3 rings (SSSR count). The number of benzene rings is 1. The smallest absolute Gasteiger partial charge is 0.327 e. The molecule has 1 aliphatic rings. The maximum atomic E-state index is 11.5. The quantitative estimate of drug-likeness (QED) is 0.155. The van der Waals surface area contributed by atoms with E-state index in [9.17, 15) is 19.8 Å². The zero-order valence-corrected chi connectivity index (χ0v) is 18.3. The molecule has 0 amide bonds. The van der Waals surface area contributed by atoms with Gasteiger partial charge in [-0.25, -0.2) is 14.4 Å². The van der Waals surface area contributed by atoms with Crippen molar-refractivity contribution < 1.29 is 24.4 Å². The van der Waals surface area contributed by atoms with Crippen molar-refractivity contribution in [3.63, 3.8) is 0 Å². The number of nitrogens with two attached hydrogens (primary N) is 3. The van der Waals surface area contributed by atoms with Gasteiger partial charge >= 0.3 is 11.9 Å². The van der Waals surface area contributed by atoms with E-state index in [-0.39, 0.29) is 18.3 Å². The molecular weight excluding hydrogens is 438 g/mol. The molecule has 0 fully saturated rings. The zero-order chi connectivity index (χ0) is 24.8. The minimum Gasteiger partial charge on any atom is -0.481 e. The summed E-state index contributed by atoms with van der Waals surface area (Å²) in [6, 6.07) is 7.87. The molecule has 0 saturated heterocycles. The molecule has 0 radical (unpaired) electrons. The number of nitrogens with one attached hydrogen (secondary N) is 1. The van der Waals surface area contributed by atoms with Gasteiger partial charge in [-0.1, -0.05) is 17.9 Å². The molecular formula is C23H24N7O4+. The largest absolute Gasteiger partial charge is 0.481 e. The third kappa shape index (κ3) is 5.89. The Morgan fingerprint density at radius 3 is 2.56 bits per heavy atom. The highest BCUT2D eigenvalue weighted by Crippen LogP contribution is 2.27. The van der Waals surface area contributed by atoms with Gasteiger partial charge in [0.1, 0.15) is 13.1 Å². The third-order valence-electron chi connectivity index (χ3n) is 4.96. The van der Waals surface area contributed by atoms with Gasteiger partial charge in [0.15, 0.2) is 18.4 Å². The molecule has 2 aromatic rings. The lowest BCUT2D eigenvalue weighted by Gasteiger charge is -2.25. The van der Waals surface area contributed by atoms with Crippen LogP contribution in [0.2, 0.25) is 0 Å². The molecule has 11 heteroatoms. The Bertz CT molecular complexity index is 1280. The normalized spacial score (nSPS) is 17.4. The van der Waals surface area contributed by atoms with Crippen LogP contribution in [0, 0.1) is 17.8 Å². The van der Waals surface area contributed by atoms with Crippen molar-refractivity contribution >= 4 is 29.5 Å². The van der Waals surface area contributed by atoms with Crippen molar-refractivity contribution in [3.05, 3.63) is 60.1 Å². The van der Waals surface area contributed by atoms with Crippen molar-refractivity contribution in [3.8, 4) is 23.0 Å². The molecule has 0 unspecified atom stereocenters. The van der Waals surface area contributed by atoms with Crippen molar-refractivity contribution in [2.45, 2.75) is 12.5 Å². The number of guanidine groups is 2. The van der Waals surface area contributed by atoms with E-state index in [1.54, 1.807) is 12.1 Å². The Hall–Kier alpha value is -4.85. The number of aryl methyl sites for hydroxylation is 1. The molecule has 11 nitrogen and oxygen atoms in total. The molecule has 0 spiro atoms. The molecule has 0 aliphatic carbocycles. The first kappa shape index (κ1) is 23.8. The summed E-state index contributed by atoms with van der Waals surface area (Å²) in [4.78, 5) is 30.8. The van der Waals surface area contributed by atoms with Crippen LogP contribution in [0.15, 0.2) is 64.5 Å². The zero-order valence-electron chi connectivity index (χ0n) is 18.3. The summed E-state index contributed by atoms with van der Waals surface area (Å²) in [5.41, 5.74) is 19.6. The maximum Gasteiger partial charge on any atom is 0.327 e. The van der Waals surface area contributed by atoms with Gasteiger partial charge in [0.2, 0.25) is 5.96 Å². The number of carboxylic acids is 2. The Balaban J connectivity index is 2.04. The van der Waals surface area contributed by atoms with Gasteiger partial charge in [-0.3, -0.25) is 4.79 Å². The lowest BCUT2D eigenvalue weighted by molar-refractivity contribution is -0.671. The summed E-state index contributed by atoms with van der Waals surface area (Å²) in [5, 5.41) is 21.3. The number of carbonyl (C=O) groups is 2. The summed E-state index contributed by atoms with van der Waals surface area (Å²) >= 11 is 0. The highest BCUT2D eigenvalue weighted by atomic mass is 16.4. The van der Waals surface area contributed by atoms with Gasteiger partial charge in [-0.2, -0.15) is 4.99 Å². The average Bonchev–Trinajstić information content (AvgIpc) is 2.76. The summed E-state index contributed by atoms with van der Waals surface area (Å²) < 4.78 is 1.90. The first-order chi connectivity index (χ1) is 16.1. The van der Waals surface area contributed by atoms with Crippen molar-refractivity contribution in [1.82, 2.24) is 5.32 Å². The first-order valence-electron chi connectivity index (χ1n) is 10.1.